The van der Waals surface area contributed by atoms with Gasteiger partial charge >= 0.3 is 5.97 Å². The maximum Gasteiger partial charge on any atom is 0.309 e. The summed E-state index contributed by atoms with van der Waals surface area (Å²) in [6, 6.07) is 9.20. The summed E-state index contributed by atoms with van der Waals surface area (Å²) in [6.45, 7) is 3.65. The van der Waals surface area contributed by atoms with Gasteiger partial charge in [-0.3, -0.25) is 4.79 Å². The molecule has 17 heavy (non-hydrogen) atoms. The average Bonchev–Trinajstić information content (AvgIpc) is 2.30. The van der Waals surface area contributed by atoms with Crippen molar-refractivity contribution >= 4 is 5.97 Å². The first-order valence-electron chi connectivity index (χ1n) is 5.96. The summed E-state index contributed by atoms with van der Waals surface area (Å²) in [4.78, 5) is 11.3. The largest absolute Gasteiger partial charge is 0.481 e. The second kappa shape index (κ2) is 5.82. The Bertz CT molecular complexity index is 361. The molecule has 0 aliphatic rings. The lowest BCUT2D eigenvalue weighted by atomic mass is 9.79. The van der Waals surface area contributed by atoms with E-state index in [0.29, 0.717) is 6.42 Å². The van der Waals surface area contributed by atoms with Crippen molar-refractivity contribution in [3.05, 3.63) is 35.9 Å². The highest BCUT2D eigenvalue weighted by Crippen LogP contribution is 2.34. The zero-order valence-electron chi connectivity index (χ0n) is 10.4. The van der Waals surface area contributed by atoms with Crippen LogP contribution in [0.3, 0.4) is 0 Å². The Labute approximate surface area is 102 Å². The molecule has 0 amide bonds. The Balaban J connectivity index is 2.78. The molecule has 2 atom stereocenters. The molecule has 1 aromatic rings. The highest BCUT2D eigenvalue weighted by Gasteiger charge is 2.34. The molecule has 0 aromatic heterocycles. The van der Waals surface area contributed by atoms with Crippen LogP contribution in [0.2, 0.25) is 0 Å². The molecular weight excluding hydrogens is 216 g/mol. The van der Waals surface area contributed by atoms with Gasteiger partial charge in [0.25, 0.3) is 0 Å². The Morgan fingerprint density at radius 1 is 1.35 bits per heavy atom. The number of carboxylic acids is 1. The van der Waals surface area contributed by atoms with Crippen molar-refractivity contribution in [2.45, 2.75) is 39.2 Å². The van der Waals surface area contributed by atoms with Crippen LogP contribution >= 0.6 is 0 Å². The van der Waals surface area contributed by atoms with Gasteiger partial charge in [0, 0.05) is 0 Å². The minimum absolute atomic E-state index is 0.250. The number of carboxylic acid groups (broad SMARTS) is 1. The molecule has 0 aliphatic carbocycles. The van der Waals surface area contributed by atoms with Crippen LogP contribution < -0.4 is 0 Å². The SMILES string of the molecule is CCCC(C)(CC(O)c1ccccc1)C(=O)O. The van der Waals surface area contributed by atoms with Crippen molar-refractivity contribution in [3.63, 3.8) is 0 Å². The van der Waals surface area contributed by atoms with E-state index in [0.717, 1.165) is 12.0 Å². The van der Waals surface area contributed by atoms with Gasteiger partial charge in [0.15, 0.2) is 0 Å². The van der Waals surface area contributed by atoms with Crippen molar-refractivity contribution in [1.82, 2.24) is 0 Å². The summed E-state index contributed by atoms with van der Waals surface area (Å²) >= 11 is 0. The van der Waals surface area contributed by atoms with Crippen LogP contribution in [0, 0.1) is 5.41 Å². The van der Waals surface area contributed by atoms with E-state index >= 15 is 0 Å². The number of hydrogen-bond acceptors (Lipinski definition) is 2. The maximum absolute atomic E-state index is 11.3. The molecule has 3 nitrogen and oxygen atoms in total. The Morgan fingerprint density at radius 2 is 1.94 bits per heavy atom. The van der Waals surface area contributed by atoms with Crippen molar-refractivity contribution in [2.24, 2.45) is 5.41 Å². The highest BCUT2D eigenvalue weighted by molar-refractivity contribution is 5.74. The van der Waals surface area contributed by atoms with Gasteiger partial charge in [-0.2, -0.15) is 0 Å². The molecule has 94 valence electrons. The first-order valence-corrected chi connectivity index (χ1v) is 5.96. The van der Waals surface area contributed by atoms with Crippen molar-refractivity contribution in [3.8, 4) is 0 Å². The number of rotatable bonds is 6. The number of aliphatic hydroxyl groups is 1. The Morgan fingerprint density at radius 3 is 2.41 bits per heavy atom. The predicted molar refractivity (Wildman–Crippen MR) is 66.7 cm³/mol. The van der Waals surface area contributed by atoms with E-state index in [1.807, 2.05) is 37.3 Å². The zero-order valence-corrected chi connectivity index (χ0v) is 10.4. The topological polar surface area (TPSA) is 57.5 Å². The fourth-order valence-electron chi connectivity index (χ4n) is 2.07. The second-order valence-corrected chi connectivity index (χ2v) is 4.75. The third-order valence-corrected chi connectivity index (χ3v) is 3.15. The second-order valence-electron chi connectivity index (χ2n) is 4.75. The van der Waals surface area contributed by atoms with Crippen LogP contribution in [0.1, 0.15) is 44.8 Å². The first kappa shape index (κ1) is 13.7. The standard InChI is InChI=1S/C14H20O3/c1-3-9-14(2,13(16)17)10-12(15)11-7-5-4-6-8-11/h4-8,12,15H,3,9-10H2,1-2H3,(H,16,17). The molecule has 0 spiro atoms. The van der Waals surface area contributed by atoms with Gasteiger partial charge in [-0.15, -0.1) is 0 Å². The lowest BCUT2D eigenvalue weighted by Crippen LogP contribution is -2.29. The van der Waals surface area contributed by atoms with Crippen molar-refractivity contribution in [1.29, 1.82) is 0 Å². The zero-order chi connectivity index (χ0) is 12.9. The fraction of sp³-hybridized carbons (Fsp3) is 0.500. The molecule has 0 fully saturated rings. The molecule has 0 radical (unpaired) electrons. The quantitative estimate of drug-likeness (QED) is 0.798. The van der Waals surface area contributed by atoms with E-state index in [-0.39, 0.29) is 6.42 Å². The fourth-order valence-corrected chi connectivity index (χ4v) is 2.07. The summed E-state index contributed by atoms with van der Waals surface area (Å²) in [7, 11) is 0. The molecule has 3 heteroatoms. The average molecular weight is 236 g/mol. The van der Waals surface area contributed by atoms with Crippen molar-refractivity contribution in [2.75, 3.05) is 0 Å². The maximum atomic E-state index is 11.3. The lowest BCUT2D eigenvalue weighted by Gasteiger charge is -2.27. The van der Waals surface area contributed by atoms with Gasteiger partial charge in [0.1, 0.15) is 0 Å². The third-order valence-electron chi connectivity index (χ3n) is 3.15. The molecule has 1 rings (SSSR count). The molecule has 2 unspecified atom stereocenters. The monoisotopic (exact) mass is 236 g/mol. The highest BCUT2D eigenvalue weighted by atomic mass is 16.4. The Kier molecular flexibility index (Phi) is 4.70. The molecule has 1 aromatic carbocycles. The van der Waals surface area contributed by atoms with Crippen LogP contribution in [0.5, 0.6) is 0 Å². The number of aliphatic carboxylic acids is 1. The van der Waals surface area contributed by atoms with Crippen LogP contribution in [-0.2, 0) is 4.79 Å². The summed E-state index contributed by atoms with van der Waals surface area (Å²) in [6.07, 6.45) is 0.903. The van der Waals surface area contributed by atoms with Crippen LogP contribution in [0.25, 0.3) is 0 Å². The normalized spacial score (nSPS) is 16.2. The molecule has 0 saturated carbocycles. The number of carbonyl (C=O) groups is 1. The van der Waals surface area contributed by atoms with Crippen molar-refractivity contribution < 1.29 is 15.0 Å². The van der Waals surface area contributed by atoms with Crippen LogP contribution in [-0.4, -0.2) is 16.2 Å². The van der Waals surface area contributed by atoms with E-state index in [2.05, 4.69) is 0 Å². The number of benzene rings is 1. The first-order chi connectivity index (χ1) is 7.99. The summed E-state index contributed by atoms with van der Waals surface area (Å²) in [5, 5.41) is 19.3. The van der Waals surface area contributed by atoms with Gasteiger partial charge in [-0.05, 0) is 25.3 Å². The van der Waals surface area contributed by atoms with Gasteiger partial charge in [-0.25, -0.2) is 0 Å². The summed E-state index contributed by atoms with van der Waals surface area (Å²) in [5.41, 5.74) is -0.0830. The molecule has 0 aliphatic heterocycles. The summed E-state index contributed by atoms with van der Waals surface area (Å²) < 4.78 is 0. The molecule has 0 bridgehead atoms. The van der Waals surface area contributed by atoms with Gasteiger partial charge in [-0.1, -0.05) is 43.7 Å². The number of aliphatic hydroxyl groups excluding tert-OH is 1. The molecule has 0 saturated heterocycles. The Hall–Kier alpha value is -1.35. The van der Waals surface area contributed by atoms with E-state index < -0.39 is 17.5 Å². The minimum Gasteiger partial charge on any atom is -0.481 e. The van der Waals surface area contributed by atoms with Gasteiger partial charge in [0.2, 0.25) is 0 Å². The van der Waals surface area contributed by atoms with E-state index in [1.165, 1.54) is 0 Å². The van der Waals surface area contributed by atoms with Gasteiger partial charge in [0.05, 0.1) is 11.5 Å². The van der Waals surface area contributed by atoms with Gasteiger partial charge < -0.3 is 10.2 Å². The third kappa shape index (κ3) is 3.56. The van der Waals surface area contributed by atoms with Crippen LogP contribution in [0.4, 0.5) is 0 Å². The van der Waals surface area contributed by atoms with E-state index in [9.17, 15) is 15.0 Å². The predicted octanol–water partition coefficient (Wildman–Crippen LogP) is 3.00. The molecule has 2 N–H and O–H groups in total. The molecular formula is C14H20O3. The van der Waals surface area contributed by atoms with E-state index in [1.54, 1.807) is 6.92 Å². The number of hydrogen-bond donors (Lipinski definition) is 2. The van der Waals surface area contributed by atoms with Crippen LogP contribution in [0.15, 0.2) is 30.3 Å². The summed E-state index contributed by atoms with van der Waals surface area (Å²) in [5.74, 6) is -0.839. The van der Waals surface area contributed by atoms with E-state index in [4.69, 9.17) is 0 Å². The smallest absolute Gasteiger partial charge is 0.309 e. The molecule has 0 heterocycles. The minimum atomic E-state index is -0.857. The lowest BCUT2D eigenvalue weighted by molar-refractivity contribution is -0.150.